The van der Waals surface area contributed by atoms with Crippen LogP contribution in [0.2, 0.25) is 0 Å². The largest absolute Gasteiger partial charge is 0.572 e. The summed E-state index contributed by atoms with van der Waals surface area (Å²) in [5, 5.41) is 14.2. The van der Waals surface area contributed by atoms with Gasteiger partial charge >= 0.3 is 11.7 Å². The van der Waals surface area contributed by atoms with Crippen LogP contribution in [0.25, 0.3) is 0 Å². The Hall–Kier alpha value is -3.15. The highest BCUT2D eigenvalue weighted by Gasteiger charge is 2.58. The van der Waals surface area contributed by atoms with Gasteiger partial charge in [-0.05, 0) is 37.3 Å². The third kappa shape index (κ3) is 2.87. The molecule has 1 radical (unpaired) electrons. The second-order valence-corrected chi connectivity index (χ2v) is 6.34. The van der Waals surface area contributed by atoms with Gasteiger partial charge in [-0.2, -0.15) is 0 Å². The molecular formula is C22H18NO4. The smallest absolute Gasteiger partial charge is 0.358 e. The minimum absolute atomic E-state index is 0.320. The van der Waals surface area contributed by atoms with Crippen LogP contribution < -0.4 is 9.80 Å². The molecule has 0 N–H and O–H groups in total. The summed E-state index contributed by atoms with van der Waals surface area (Å²) in [6.45, 7) is 1.73. The van der Waals surface area contributed by atoms with E-state index < -0.39 is 17.8 Å². The lowest BCUT2D eigenvalue weighted by molar-refractivity contribution is -0.123. The molecule has 0 aliphatic carbocycles. The normalized spacial score (nSPS) is 21.8. The molecule has 2 atom stereocenters. The summed E-state index contributed by atoms with van der Waals surface area (Å²) in [5.74, 6) is -0.127. The van der Waals surface area contributed by atoms with Crippen LogP contribution in [-0.4, -0.2) is 12.1 Å². The van der Waals surface area contributed by atoms with E-state index in [-0.39, 0.29) is 0 Å². The minimum Gasteiger partial charge on any atom is -0.572 e. The number of esters is 1. The van der Waals surface area contributed by atoms with Gasteiger partial charge in [0.2, 0.25) is 5.69 Å². The molecule has 135 valence electrons. The minimum atomic E-state index is -1.64. The average molecular weight is 360 g/mol. The summed E-state index contributed by atoms with van der Waals surface area (Å²) < 4.78 is 11.9. The van der Waals surface area contributed by atoms with Crippen molar-refractivity contribution in [1.82, 2.24) is 5.06 Å². The van der Waals surface area contributed by atoms with Gasteiger partial charge in [-0.25, -0.2) is 4.79 Å². The van der Waals surface area contributed by atoms with Crippen molar-refractivity contribution in [2.45, 2.75) is 18.8 Å². The third-order valence-electron chi connectivity index (χ3n) is 4.69. The predicted octanol–water partition coefficient (Wildman–Crippen LogP) is 4.45. The fraction of sp³-hybridized carbons (Fsp3) is 0.136. The highest BCUT2D eigenvalue weighted by molar-refractivity contribution is 5.89. The Bertz CT molecular complexity index is 945. The van der Waals surface area contributed by atoms with Gasteiger partial charge < -0.3 is 14.7 Å². The lowest BCUT2D eigenvalue weighted by Gasteiger charge is -2.43. The van der Waals surface area contributed by atoms with E-state index in [1.165, 1.54) is 0 Å². The number of para-hydroxylation sites is 2. The molecule has 0 saturated carbocycles. The predicted molar refractivity (Wildman–Crippen MR) is 102 cm³/mol. The number of ether oxygens (including phenoxy) is 2. The Morgan fingerprint density at radius 3 is 2.26 bits per heavy atom. The number of benzene rings is 3. The molecule has 5 heteroatoms. The number of hydroxylamine groups is 1. The molecule has 0 amide bonds. The standard InChI is InChI=1S/C22H18NO4/c1-16-22(18-12-6-3-7-13-18,27-21(24)17-10-4-2-5-11-17)23(25)19-14-8-9-15-20(19)26-16/h2-16H,1H3. The molecule has 2 unspecified atom stereocenters. The maximum Gasteiger partial charge on any atom is 0.358 e. The van der Waals surface area contributed by atoms with E-state index in [2.05, 4.69) is 0 Å². The van der Waals surface area contributed by atoms with Gasteiger partial charge in [0.15, 0.2) is 11.9 Å². The van der Waals surface area contributed by atoms with Crippen LogP contribution in [-0.2, 0) is 10.5 Å². The van der Waals surface area contributed by atoms with Crippen molar-refractivity contribution in [2.24, 2.45) is 0 Å². The second-order valence-electron chi connectivity index (χ2n) is 6.34. The molecular weight excluding hydrogens is 342 g/mol. The number of nitrogens with zero attached hydrogens (tertiary/aromatic N) is 1. The van der Waals surface area contributed by atoms with Crippen molar-refractivity contribution in [3.8, 4) is 5.75 Å². The molecule has 1 aliphatic rings. The summed E-state index contributed by atoms with van der Waals surface area (Å²) in [6.07, 6.45) is -0.722. The molecule has 0 saturated heterocycles. The van der Waals surface area contributed by atoms with Gasteiger partial charge in [0.1, 0.15) is 0 Å². The first kappa shape index (κ1) is 17.3. The topological polar surface area (TPSA) is 64.5 Å². The van der Waals surface area contributed by atoms with Crippen molar-refractivity contribution in [3.05, 3.63) is 101 Å². The first-order valence-corrected chi connectivity index (χ1v) is 8.70. The average Bonchev–Trinajstić information content (AvgIpc) is 2.72. The van der Waals surface area contributed by atoms with Crippen molar-refractivity contribution >= 4 is 11.7 Å². The number of carbonyl (C=O) groups excluding carboxylic acids is 1. The number of rotatable bonds is 3. The molecule has 27 heavy (non-hydrogen) atoms. The zero-order chi connectivity index (χ0) is 18.9. The SMILES string of the molecule is CC1Oc2ccccc2[N+]([O-])C1(OC(=O)c1ccccc1)c1ccccc1. The molecule has 1 heterocycles. The number of anilines is 1. The third-order valence-corrected chi connectivity index (χ3v) is 4.69. The summed E-state index contributed by atoms with van der Waals surface area (Å²) in [6, 6.07) is 24.5. The van der Waals surface area contributed by atoms with Gasteiger partial charge in [0.05, 0.1) is 11.1 Å². The first-order valence-electron chi connectivity index (χ1n) is 8.70. The maximum atomic E-state index is 13.5. The van der Waals surface area contributed by atoms with Crippen LogP contribution in [0.3, 0.4) is 0 Å². The van der Waals surface area contributed by atoms with Crippen molar-refractivity contribution < 1.29 is 14.3 Å². The van der Waals surface area contributed by atoms with Crippen LogP contribution >= 0.6 is 0 Å². The molecule has 1 aliphatic heterocycles. The van der Waals surface area contributed by atoms with Crippen LogP contribution in [0.1, 0.15) is 22.8 Å². The second kappa shape index (κ2) is 6.87. The molecule has 4 rings (SSSR count). The van der Waals surface area contributed by atoms with Gasteiger partial charge in [-0.3, -0.25) is 0 Å². The summed E-state index contributed by atoms with van der Waals surface area (Å²) in [7, 11) is 0. The lowest BCUT2D eigenvalue weighted by atomic mass is 9.94. The van der Waals surface area contributed by atoms with E-state index in [1.807, 2.05) is 12.1 Å². The van der Waals surface area contributed by atoms with Gasteiger partial charge in [-0.1, -0.05) is 48.5 Å². The number of carbonyl (C=O) groups is 1. The zero-order valence-corrected chi connectivity index (χ0v) is 14.7. The number of hydrogen-bond donors (Lipinski definition) is 0. The monoisotopic (exact) mass is 360 g/mol. The molecule has 0 aromatic heterocycles. The van der Waals surface area contributed by atoms with E-state index in [1.54, 1.807) is 79.7 Å². The Labute approximate surface area is 157 Å². The maximum absolute atomic E-state index is 13.5. The lowest BCUT2D eigenvalue weighted by Crippen LogP contribution is -2.59. The van der Waals surface area contributed by atoms with E-state index >= 15 is 0 Å². The zero-order valence-electron chi connectivity index (χ0n) is 14.7. The Balaban J connectivity index is 1.84. The van der Waals surface area contributed by atoms with Crippen molar-refractivity contribution in [3.63, 3.8) is 0 Å². The number of hydrogen-bond acceptors (Lipinski definition) is 5. The molecule has 0 fully saturated rings. The van der Waals surface area contributed by atoms with E-state index in [9.17, 15) is 10.0 Å². The van der Waals surface area contributed by atoms with Gasteiger partial charge in [0, 0.05) is 6.07 Å². The quantitative estimate of drug-likeness (QED) is 0.393. The summed E-state index contributed by atoms with van der Waals surface area (Å²) in [5.41, 5.74) is -0.401. The summed E-state index contributed by atoms with van der Waals surface area (Å²) in [4.78, 5) is 12.9. The van der Waals surface area contributed by atoms with Crippen LogP contribution in [0.4, 0.5) is 5.69 Å². The van der Waals surface area contributed by atoms with Crippen LogP contribution in [0.5, 0.6) is 5.75 Å². The van der Waals surface area contributed by atoms with E-state index in [0.29, 0.717) is 22.6 Å². The fourth-order valence-corrected chi connectivity index (χ4v) is 3.33. The van der Waals surface area contributed by atoms with Crippen molar-refractivity contribution in [2.75, 3.05) is 0 Å². The van der Waals surface area contributed by atoms with E-state index in [4.69, 9.17) is 9.47 Å². The van der Waals surface area contributed by atoms with Gasteiger partial charge in [-0.15, -0.1) is 5.06 Å². The van der Waals surface area contributed by atoms with Crippen molar-refractivity contribution in [1.29, 1.82) is 0 Å². The Morgan fingerprint density at radius 2 is 1.56 bits per heavy atom. The first-order chi connectivity index (χ1) is 13.1. The van der Waals surface area contributed by atoms with E-state index in [0.717, 1.165) is 5.06 Å². The summed E-state index contributed by atoms with van der Waals surface area (Å²) >= 11 is 0. The fourth-order valence-electron chi connectivity index (χ4n) is 3.33. The highest BCUT2D eigenvalue weighted by atomic mass is 16.7. The van der Waals surface area contributed by atoms with Crippen LogP contribution in [0.15, 0.2) is 84.9 Å². The highest BCUT2D eigenvalue weighted by Crippen LogP contribution is 2.46. The van der Waals surface area contributed by atoms with Gasteiger partial charge in [0.25, 0.3) is 0 Å². The molecule has 3 aromatic rings. The molecule has 0 bridgehead atoms. The molecule has 0 spiro atoms. The Morgan fingerprint density at radius 1 is 0.963 bits per heavy atom. The molecule has 5 nitrogen and oxygen atoms in total. The van der Waals surface area contributed by atoms with Crippen LogP contribution in [0, 0.1) is 5.21 Å². The number of fused-ring (bicyclic) bond motifs is 1. The molecule has 3 aromatic carbocycles. The Kier molecular flexibility index (Phi) is 4.39.